The number of aromatic nitrogens is 2. The third kappa shape index (κ3) is 3.83. The second-order valence-electron chi connectivity index (χ2n) is 7.27. The Morgan fingerprint density at radius 1 is 1.32 bits per heavy atom. The van der Waals surface area contributed by atoms with Crippen LogP contribution in [0.1, 0.15) is 40.2 Å². The number of thioether (sulfide) groups is 1. The summed E-state index contributed by atoms with van der Waals surface area (Å²) in [5.41, 5.74) is 1.91. The summed E-state index contributed by atoms with van der Waals surface area (Å²) in [6, 6.07) is 4.04. The molecule has 1 saturated heterocycles. The van der Waals surface area contributed by atoms with Crippen LogP contribution in [0.4, 0.5) is 0 Å². The van der Waals surface area contributed by atoms with Gasteiger partial charge in [-0.25, -0.2) is 4.98 Å². The molecular formula is C18H23BN2O3S. The van der Waals surface area contributed by atoms with Gasteiger partial charge in [0, 0.05) is 30.5 Å². The molecule has 0 bridgehead atoms. The van der Waals surface area contributed by atoms with Gasteiger partial charge in [0.2, 0.25) is 0 Å². The number of pyridine rings is 1. The monoisotopic (exact) mass is 358 g/mol. The van der Waals surface area contributed by atoms with Crippen molar-refractivity contribution in [2.75, 3.05) is 5.75 Å². The Bertz CT molecular complexity index is 813. The molecule has 0 aliphatic carbocycles. The Morgan fingerprint density at radius 3 is 2.64 bits per heavy atom. The van der Waals surface area contributed by atoms with Crippen LogP contribution < -0.4 is 0 Å². The Kier molecular flexibility index (Phi) is 4.83. The fraction of sp³-hybridized carbons (Fsp3) is 0.444. The normalized spacial score (nSPS) is 19.6. The van der Waals surface area contributed by atoms with Gasteiger partial charge < -0.3 is 14.3 Å². The fourth-order valence-corrected chi connectivity index (χ4v) is 3.20. The van der Waals surface area contributed by atoms with Gasteiger partial charge in [-0.1, -0.05) is 17.8 Å². The zero-order valence-electron chi connectivity index (χ0n) is 15.3. The molecule has 132 valence electrons. The summed E-state index contributed by atoms with van der Waals surface area (Å²) in [6.45, 7) is 9.67. The molecule has 0 radical (unpaired) electrons. The van der Waals surface area contributed by atoms with Gasteiger partial charge in [-0.15, -0.1) is 0 Å². The van der Waals surface area contributed by atoms with Crippen LogP contribution in [0.3, 0.4) is 0 Å². The molecular weight excluding hydrogens is 335 g/mol. The molecule has 2 aromatic rings. The summed E-state index contributed by atoms with van der Waals surface area (Å²) < 4.78 is 12.3. The van der Waals surface area contributed by atoms with Crippen molar-refractivity contribution in [1.82, 2.24) is 9.97 Å². The second-order valence-corrected chi connectivity index (χ2v) is 8.42. The maximum atomic E-state index is 11.4. The predicted octanol–water partition coefficient (Wildman–Crippen LogP) is 3.86. The van der Waals surface area contributed by atoms with E-state index >= 15 is 0 Å². The van der Waals surface area contributed by atoms with Crippen LogP contribution in [0.5, 0.6) is 0 Å². The molecule has 0 amide bonds. The van der Waals surface area contributed by atoms with E-state index in [2.05, 4.69) is 16.0 Å². The van der Waals surface area contributed by atoms with E-state index in [-0.39, 0.29) is 5.12 Å². The molecule has 2 aromatic heterocycles. The Labute approximate surface area is 152 Å². The standard InChI is InChI=1S/C18H23BN2O3S/c1-12(22)25-11-15(19-23-17(2,3)18(4,5)24-19)9-13-8-14-6-7-20-16(14)21-10-13/h6-10H,11H2,1-5H3,(H,20,21). The molecule has 0 aromatic carbocycles. The molecule has 1 N–H and O–H groups in total. The Morgan fingerprint density at radius 2 is 2.00 bits per heavy atom. The van der Waals surface area contributed by atoms with Crippen molar-refractivity contribution in [3.63, 3.8) is 0 Å². The van der Waals surface area contributed by atoms with Crippen molar-refractivity contribution in [2.45, 2.75) is 45.8 Å². The second kappa shape index (κ2) is 6.63. The maximum Gasteiger partial charge on any atom is 0.491 e. The Hall–Kier alpha value is -1.57. The van der Waals surface area contributed by atoms with Gasteiger partial charge in [-0.3, -0.25) is 4.79 Å². The average Bonchev–Trinajstić information content (AvgIpc) is 3.05. The number of hydrogen-bond acceptors (Lipinski definition) is 5. The first-order valence-corrected chi connectivity index (χ1v) is 9.29. The molecule has 1 aliphatic rings. The summed E-state index contributed by atoms with van der Waals surface area (Å²) >= 11 is 1.26. The van der Waals surface area contributed by atoms with E-state index in [0.29, 0.717) is 5.75 Å². The Balaban J connectivity index is 1.92. The van der Waals surface area contributed by atoms with Gasteiger partial charge in [0.1, 0.15) is 5.65 Å². The first-order chi connectivity index (χ1) is 11.7. The van der Waals surface area contributed by atoms with E-state index in [1.807, 2.05) is 52.2 Å². The molecule has 3 heterocycles. The molecule has 0 unspecified atom stereocenters. The van der Waals surface area contributed by atoms with Gasteiger partial charge in [0.15, 0.2) is 5.12 Å². The molecule has 3 rings (SSSR count). The van der Waals surface area contributed by atoms with Gasteiger partial charge in [0.25, 0.3) is 0 Å². The first kappa shape index (κ1) is 18.2. The zero-order valence-corrected chi connectivity index (χ0v) is 16.1. The topological polar surface area (TPSA) is 64.2 Å². The summed E-state index contributed by atoms with van der Waals surface area (Å²) in [5, 5.41) is 1.11. The van der Waals surface area contributed by atoms with Crippen molar-refractivity contribution in [3.05, 3.63) is 35.6 Å². The molecule has 7 heteroatoms. The van der Waals surface area contributed by atoms with Crippen LogP contribution in [-0.4, -0.2) is 39.2 Å². The van der Waals surface area contributed by atoms with Crippen molar-refractivity contribution in [3.8, 4) is 0 Å². The highest BCUT2D eigenvalue weighted by atomic mass is 32.2. The van der Waals surface area contributed by atoms with E-state index in [1.54, 1.807) is 6.92 Å². The van der Waals surface area contributed by atoms with Crippen molar-refractivity contribution in [1.29, 1.82) is 0 Å². The molecule has 1 aliphatic heterocycles. The largest absolute Gasteiger partial charge is 0.491 e. The smallest absolute Gasteiger partial charge is 0.400 e. The molecule has 1 fully saturated rings. The summed E-state index contributed by atoms with van der Waals surface area (Å²) in [7, 11) is -0.473. The minimum absolute atomic E-state index is 0.0710. The third-order valence-electron chi connectivity index (χ3n) is 4.77. The SMILES string of the molecule is CC(=O)SCC(=Cc1cnc2[nH]ccc2c1)B1OC(C)(C)C(C)(C)O1. The van der Waals surface area contributed by atoms with Gasteiger partial charge in [-0.2, -0.15) is 0 Å². The van der Waals surface area contributed by atoms with E-state index in [9.17, 15) is 4.79 Å². The average molecular weight is 358 g/mol. The number of rotatable bonds is 4. The lowest BCUT2D eigenvalue weighted by Crippen LogP contribution is -2.41. The number of nitrogens with zero attached hydrogens (tertiary/aromatic N) is 1. The van der Waals surface area contributed by atoms with Crippen molar-refractivity contribution >= 4 is 41.1 Å². The van der Waals surface area contributed by atoms with Crippen LogP contribution in [-0.2, 0) is 14.1 Å². The summed E-state index contributed by atoms with van der Waals surface area (Å²) in [5.74, 6) is 0.525. The minimum Gasteiger partial charge on any atom is -0.400 e. The lowest BCUT2D eigenvalue weighted by molar-refractivity contribution is -0.109. The third-order valence-corrected chi connectivity index (χ3v) is 5.66. The molecule has 0 spiro atoms. The van der Waals surface area contributed by atoms with Crippen LogP contribution >= 0.6 is 11.8 Å². The highest BCUT2D eigenvalue weighted by Gasteiger charge is 2.52. The van der Waals surface area contributed by atoms with Gasteiger partial charge in [-0.05, 0) is 50.9 Å². The predicted molar refractivity (Wildman–Crippen MR) is 103 cm³/mol. The van der Waals surface area contributed by atoms with Crippen molar-refractivity contribution in [2.24, 2.45) is 0 Å². The summed E-state index contributed by atoms with van der Waals surface area (Å²) in [4.78, 5) is 19.0. The number of aromatic amines is 1. The van der Waals surface area contributed by atoms with Gasteiger partial charge in [0.05, 0.1) is 11.2 Å². The minimum atomic E-state index is -0.473. The quantitative estimate of drug-likeness (QED) is 0.841. The number of carbonyl (C=O) groups is 1. The number of fused-ring (bicyclic) bond motifs is 1. The van der Waals surface area contributed by atoms with E-state index in [4.69, 9.17) is 9.31 Å². The number of hydrogen-bond donors (Lipinski definition) is 1. The molecule has 0 atom stereocenters. The first-order valence-electron chi connectivity index (χ1n) is 8.30. The van der Waals surface area contributed by atoms with Crippen LogP contribution in [0, 0.1) is 0 Å². The molecule has 5 nitrogen and oxygen atoms in total. The highest BCUT2D eigenvalue weighted by Crippen LogP contribution is 2.39. The van der Waals surface area contributed by atoms with E-state index in [1.165, 1.54) is 11.8 Å². The van der Waals surface area contributed by atoms with E-state index < -0.39 is 18.3 Å². The maximum absolute atomic E-state index is 11.4. The van der Waals surface area contributed by atoms with Crippen molar-refractivity contribution < 1.29 is 14.1 Å². The van der Waals surface area contributed by atoms with Gasteiger partial charge >= 0.3 is 7.12 Å². The number of carbonyl (C=O) groups excluding carboxylic acids is 1. The fourth-order valence-electron chi connectivity index (χ4n) is 2.61. The summed E-state index contributed by atoms with van der Waals surface area (Å²) in [6.07, 6.45) is 5.69. The molecule has 25 heavy (non-hydrogen) atoms. The van der Waals surface area contributed by atoms with E-state index in [0.717, 1.165) is 22.1 Å². The lowest BCUT2D eigenvalue weighted by atomic mass is 9.78. The van der Waals surface area contributed by atoms with Crippen LogP contribution in [0.15, 0.2) is 30.0 Å². The number of H-pyrrole nitrogens is 1. The highest BCUT2D eigenvalue weighted by molar-refractivity contribution is 8.13. The molecule has 0 saturated carbocycles. The number of nitrogens with one attached hydrogen (secondary N) is 1. The van der Waals surface area contributed by atoms with Crippen LogP contribution in [0.25, 0.3) is 17.1 Å². The lowest BCUT2D eigenvalue weighted by Gasteiger charge is -2.32. The zero-order chi connectivity index (χ0) is 18.2. The van der Waals surface area contributed by atoms with Crippen LogP contribution in [0.2, 0.25) is 0 Å².